The third-order valence-corrected chi connectivity index (χ3v) is 5.19. The highest BCUT2D eigenvalue weighted by Crippen LogP contribution is 2.38. The van der Waals surface area contributed by atoms with Crippen LogP contribution in [0.4, 0.5) is 0 Å². The van der Waals surface area contributed by atoms with E-state index in [-0.39, 0.29) is 5.54 Å². The first-order valence-electron chi connectivity index (χ1n) is 8.17. The maximum absolute atomic E-state index is 6.90. The molecule has 0 amide bonds. The van der Waals surface area contributed by atoms with Crippen molar-refractivity contribution >= 4 is 21.7 Å². The topological polar surface area (TPSA) is 38.9 Å². The molecule has 3 rings (SSSR count). The number of rotatable bonds is 4. The van der Waals surface area contributed by atoms with Crippen molar-refractivity contribution in [3.63, 3.8) is 0 Å². The Balaban J connectivity index is 2.41. The van der Waals surface area contributed by atoms with Gasteiger partial charge in [0.1, 0.15) is 0 Å². The lowest BCUT2D eigenvalue weighted by Gasteiger charge is -2.36. The lowest BCUT2D eigenvalue weighted by atomic mass is 9.75. The van der Waals surface area contributed by atoms with E-state index in [9.17, 15) is 0 Å². The summed E-state index contributed by atoms with van der Waals surface area (Å²) in [6.45, 7) is 6.65. The first-order valence-corrected chi connectivity index (χ1v) is 8.17. The minimum absolute atomic E-state index is 0.319. The van der Waals surface area contributed by atoms with Gasteiger partial charge in [-0.05, 0) is 29.4 Å². The number of hydrogen-bond donors (Lipinski definition) is 1. The fraction of sp³-hybridized carbons (Fsp3) is 0.350. The van der Waals surface area contributed by atoms with Crippen LogP contribution in [0.5, 0.6) is 0 Å². The summed E-state index contributed by atoms with van der Waals surface area (Å²) >= 11 is 0. The molecule has 114 valence electrons. The molecular formula is C20H24N2. The Labute approximate surface area is 132 Å². The molecule has 2 heteroatoms. The van der Waals surface area contributed by atoms with Crippen LogP contribution in [0.2, 0.25) is 0 Å². The zero-order valence-electron chi connectivity index (χ0n) is 13.6. The van der Waals surface area contributed by atoms with Crippen LogP contribution in [0.3, 0.4) is 0 Å². The van der Waals surface area contributed by atoms with Crippen LogP contribution in [-0.4, -0.2) is 4.98 Å². The molecule has 2 nitrogen and oxygen atoms in total. The van der Waals surface area contributed by atoms with E-state index >= 15 is 0 Å². The van der Waals surface area contributed by atoms with Gasteiger partial charge in [-0.3, -0.25) is 4.98 Å². The molecule has 2 atom stereocenters. The Kier molecular flexibility index (Phi) is 3.88. The summed E-state index contributed by atoms with van der Waals surface area (Å²) in [5.74, 6) is 0.419. The van der Waals surface area contributed by atoms with Crippen molar-refractivity contribution < 1.29 is 0 Å². The second-order valence-corrected chi connectivity index (χ2v) is 6.25. The third kappa shape index (κ3) is 2.19. The first-order chi connectivity index (χ1) is 10.6. The van der Waals surface area contributed by atoms with E-state index in [1.54, 1.807) is 0 Å². The van der Waals surface area contributed by atoms with Crippen LogP contribution in [0.25, 0.3) is 21.7 Å². The minimum Gasteiger partial charge on any atom is -0.321 e. The maximum Gasteiger partial charge on any atom is 0.0711 e. The van der Waals surface area contributed by atoms with Crippen LogP contribution >= 0.6 is 0 Å². The van der Waals surface area contributed by atoms with Gasteiger partial charge in [-0.1, -0.05) is 63.6 Å². The molecule has 0 aliphatic rings. The summed E-state index contributed by atoms with van der Waals surface area (Å²) in [5, 5.41) is 3.63. The zero-order chi connectivity index (χ0) is 15.7. The first kappa shape index (κ1) is 15.0. The number of nitrogens with two attached hydrogens (primary N) is 1. The van der Waals surface area contributed by atoms with Crippen molar-refractivity contribution in [1.82, 2.24) is 4.98 Å². The van der Waals surface area contributed by atoms with Gasteiger partial charge >= 0.3 is 0 Å². The van der Waals surface area contributed by atoms with Gasteiger partial charge < -0.3 is 5.73 Å². The second-order valence-electron chi connectivity index (χ2n) is 6.25. The summed E-state index contributed by atoms with van der Waals surface area (Å²) in [6, 6.07) is 14.8. The minimum atomic E-state index is -0.319. The molecule has 2 unspecified atom stereocenters. The molecule has 1 heterocycles. The van der Waals surface area contributed by atoms with Crippen LogP contribution in [-0.2, 0) is 5.54 Å². The zero-order valence-corrected chi connectivity index (χ0v) is 13.6. The van der Waals surface area contributed by atoms with E-state index < -0.39 is 0 Å². The number of hydrogen-bond acceptors (Lipinski definition) is 2. The Morgan fingerprint density at radius 2 is 1.86 bits per heavy atom. The summed E-state index contributed by atoms with van der Waals surface area (Å²) < 4.78 is 0. The highest BCUT2D eigenvalue weighted by Gasteiger charge is 2.32. The van der Waals surface area contributed by atoms with Gasteiger partial charge in [0.25, 0.3) is 0 Å². The average molecular weight is 292 g/mol. The third-order valence-electron chi connectivity index (χ3n) is 5.19. The monoisotopic (exact) mass is 292 g/mol. The van der Waals surface area contributed by atoms with E-state index in [1.807, 2.05) is 6.20 Å². The molecule has 0 saturated heterocycles. The largest absolute Gasteiger partial charge is 0.321 e. The van der Waals surface area contributed by atoms with Gasteiger partial charge in [0.2, 0.25) is 0 Å². The lowest BCUT2D eigenvalue weighted by molar-refractivity contribution is 0.279. The maximum atomic E-state index is 6.90. The van der Waals surface area contributed by atoms with Crippen molar-refractivity contribution in [2.24, 2.45) is 11.7 Å². The van der Waals surface area contributed by atoms with Gasteiger partial charge in [0, 0.05) is 22.5 Å². The van der Waals surface area contributed by atoms with Crippen LogP contribution < -0.4 is 5.73 Å². The summed E-state index contributed by atoms with van der Waals surface area (Å²) in [6.07, 6.45) is 3.94. The molecule has 0 fully saturated rings. The summed E-state index contributed by atoms with van der Waals surface area (Å²) in [7, 11) is 0. The van der Waals surface area contributed by atoms with Crippen LogP contribution in [0, 0.1) is 5.92 Å². The molecule has 0 aliphatic heterocycles. The Hall–Kier alpha value is -1.93. The van der Waals surface area contributed by atoms with Crippen molar-refractivity contribution in [3.8, 4) is 0 Å². The normalized spacial score (nSPS) is 15.8. The molecular weight excluding hydrogens is 268 g/mol. The standard InChI is InChI=1S/C20H24N2/c1-4-14(3)20(21,5-2)17-11-8-12-18-19(17)16-10-7-6-9-15(16)13-22-18/h6-14H,4-5,21H2,1-3H3. The fourth-order valence-corrected chi connectivity index (χ4v) is 3.46. The molecule has 1 aromatic heterocycles. The Morgan fingerprint density at radius 1 is 1.09 bits per heavy atom. The number of fused-ring (bicyclic) bond motifs is 3. The molecule has 0 spiro atoms. The molecule has 0 radical (unpaired) electrons. The van der Waals surface area contributed by atoms with Crippen LogP contribution in [0.1, 0.15) is 39.2 Å². The molecule has 0 saturated carbocycles. The fourth-order valence-electron chi connectivity index (χ4n) is 3.46. The van der Waals surface area contributed by atoms with Crippen molar-refractivity contribution in [2.45, 2.75) is 39.2 Å². The van der Waals surface area contributed by atoms with E-state index in [2.05, 4.69) is 68.2 Å². The van der Waals surface area contributed by atoms with Gasteiger partial charge in [-0.15, -0.1) is 0 Å². The SMILES string of the molecule is CCC(C)C(N)(CC)c1cccc2ncc3ccccc3c12. The molecule has 0 bridgehead atoms. The number of benzene rings is 2. The predicted octanol–water partition coefficient (Wildman–Crippen LogP) is 5.00. The second kappa shape index (κ2) is 5.69. The van der Waals surface area contributed by atoms with E-state index in [1.165, 1.54) is 21.7 Å². The molecule has 22 heavy (non-hydrogen) atoms. The number of nitrogens with zero attached hydrogens (tertiary/aromatic N) is 1. The molecule has 0 aliphatic carbocycles. The highest BCUT2D eigenvalue weighted by molar-refractivity contribution is 6.07. The van der Waals surface area contributed by atoms with E-state index in [0.717, 1.165) is 18.4 Å². The lowest BCUT2D eigenvalue weighted by Crippen LogP contribution is -2.42. The van der Waals surface area contributed by atoms with Gasteiger partial charge in [0.15, 0.2) is 0 Å². The Morgan fingerprint density at radius 3 is 2.59 bits per heavy atom. The highest BCUT2D eigenvalue weighted by atomic mass is 14.8. The average Bonchev–Trinajstić information content (AvgIpc) is 2.59. The van der Waals surface area contributed by atoms with Gasteiger partial charge in [-0.2, -0.15) is 0 Å². The van der Waals surface area contributed by atoms with Gasteiger partial charge in [0.05, 0.1) is 5.52 Å². The van der Waals surface area contributed by atoms with Crippen molar-refractivity contribution in [2.75, 3.05) is 0 Å². The van der Waals surface area contributed by atoms with Crippen LogP contribution in [0.15, 0.2) is 48.7 Å². The smallest absolute Gasteiger partial charge is 0.0711 e. The molecule has 3 aromatic rings. The molecule has 2 N–H and O–H groups in total. The summed E-state index contributed by atoms with van der Waals surface area (Å²) in [5.41, 5.74) is 8.84. The number of aromatic nitrogens is 1. The van der Waals surface area contributed by atoms with Crippen molar-refractivity contribution in [3.05, 3.63) is 54.2 Å². The molecule has 2 aromatic carbocycles. The Bertz CT molecular complexity index is 809. The van der Waals surface area contributed by atoms with E-state index in [4.69, 9.17) is 5.73 Å². The quantitative estimate of drug-likeness (QED) is 0.687. The van der Waals surface area contributed by atoms with Gasteiger partial charge in [-0.25, -0.2) is 0 Å². The summed E-state index contributed by atoms with van der Waals surface area (Å²) in [4.78, 5) is 4.65. The number of pyridine rings is 1. The van der Waals surface area contributed by atoms with Crippen molar-refractivity contribution in [1.29, 1.82) is 0 Å². The van der Waals surface area contributed by atoms with E-state index in [0.29, 0.717) is 5.92 Å². The predicted molar refractivity (Wildman–Crippen MR) is 94.9 cm³/mol.